The van der Waals surface area contributed by atoms with Crippen molar-refractivity contribution in [3.05, 3.63) is 5.82 Å². The first-order valence-corrected chi connectivity index (χ1v) is 5.50. The predicted molar refractivity (Wildman–Crippen MR) is 53.2 cm³/mol. The minimum absolute atomic E-state index is 0.526. The van der Waals surface area contributed by atoms with E-state index in [1.165, 1.54) is 25.7 Å². The van der Waals surface area contributed by atoms with Crippen LogP contribution in [0.4, 0.5) is 0 Å². The van der Waals surface area contributed by atoms with Crippen LogP contribution in [0, 0.1) is 0 Å². The van der Waals surface area contributed by atoms with Crippen molar-refractivity contribution in [3.63, 3.8) is 0 Å². The zero-order valence-corrected chi connectivity index (χ0v) is 8.86. The Morgan fingerprint density at radius 1 is 1.33 bits per heavy atom. The van der Waals surface area contributed by atoms with E-state index in [1.807, 2.05) is 0 Å². The SMILES string of the molecule is IC1CCCCC1c1nn[nH]n1. The van der Waals surface area contributed by atoms with Gasteiger partial charge >= 0.3 is 0 Å². The smallest absolute Gasteiger partial charge is 0.177 e. The van der Waals surface area contributed by atoms with Gasteiger partial charge in [-0.25, -0.2) is 0 Å². The van der Waals surface area contributed by atoms with E-state index in [0.29, 0.717) is 9.84 Å². The summed E-state index contributed by atoms with van der Waals surface area (Å²) in [7, 11) is 0. The molecule has 2 unspecified atom stereocenters. The van der Waals surface area contributed by atoms with Crippen LogP contribution >= 0.6 is 22.6 Å². The lowest BCUT2D eigenvalue weighted by Gasteiger charge is -2.24. The van der Waals surface area contributed by atoms with Gasteiger partial charge in [0.2, 0.25) is 0 Å². The molecule has 12 heavy (non-hydrogen) atoms. The third kappa shape index (κ3) is 1.60. The number of tetrazole rings is 1. The number of hydrogen-bond acceptors (Lipinski definition) is 3. The molecule has 2 rings (SSSR count). The molecule has 5 heteroatoms. The third-order valence-corrected chi connectivity index (χ3v) is 3.87. The van der Waals surface area contributed by atoms with Gasteiger partial charge in [-0.1, -0.05) is 40.6 Å². The summed E-state index contributed by atoms with van der Waals surface area (Å²) in [5.74, 6) is 1.42. The van der Waals surface area contributed by atoms with E-state index in [2.05, 4.69) is 43.2 Å². The highest BCUT2D eigenvalue weighted by atomic mass is 127. The molecule has 2 atom stereocenters. The number of aromatic nitrogens is 4. The van der Waals surface area contributed by atoms with Crippen LogP contribution in [0.3, 0.4) is 0 Å². The van der Waals surface area contributed by atoms with Crippen LogP contribution < -0.4 is 0 Å². The van der Waals surface area contributed by atoms with Crippen LogP contribution in [0.2, 0.25) is 0 Å². The number of hydrogen-bond donors (Lipinski definition) is 1. The summed E-state index contributed by atoms with van der Waals surface area (Å²) >= 11 is 2.50. The van der Waals surface area contributed by atoms with Gasteiger partial charge in [-0.3, -0.25) is 0 Å². The first kappa shape index (κ1) is 8.40. The van der Waals surface area contributed by atoms with E-state index in [0.717, 1.165) is 5.82 Å². The van der Waals surface area contributed by atoms with Crippen molar-refractivity contribution >= 4 is 22.6 Å². The van der Waals surface area contributed by atoms with Crippen molar-refractivity contribution in [2.24, 2.45) is 0 Å². The Morgan fingerprint density at radius 3 is 2.83 bits per heavy atom. The van der Waals surface area contributed by atoms with Crippen molar-refractivity contribution in [1.82, 2.24) is 20.6 Å². The molecule has 1 aromatic rings. The quantitative estimate of drug-likeness (QED) is 0.628. The molecule has 0 saturated heterocycles. The van der Waals surface area contributed by atoms with Gasteiger partial charge in [0.05, 0.1) is 0 Å². The minimum Gasteiger partial charge on any atom is -0.177 e. The molecule has 0 amide bonds. The topological polar surface area (TPSA) is 54.5 Å². The zero-order valence-electron chi connectivity index (χ0n) is 6.70. The fourth-order valence-corrected chi connectivity index (χ4v) is 2.82. The molecule has 1 N–H and O–H groups in total. The van der Waals surface area contributed by atoms with Crippen LogP contribution in [0.5, 0.6) is 0 Å². The van der Waals surface area contributed by atoms with Gasteiger partial charge in [-0.15, -0.1) is 10.2 Å². The molecular formula is C7H11IN4. The minimum atomic E-state index is 0.526. The van der Waals surface area contributed by atoms with Gasteiger partial charge in [0, 0.05) is 9.84 Å². The summed E-state index contributed by atoms with van der Waals surface area (Å²) in [5.41, 5.74) is 0. The Bertz CT molecular complexity index is 236. The van der Waals surface area contributed by atoms with E-state index in [4.69, 9.17) is 0 Å². The first-order chi connectivity index (χ1) is 5.88. The second-order valence-electron chi connectivity index (χ2n) is 3.18. The Balaban J connectivity index is 2.11. The number of halogens is 1. The number of aromatic amines is 1. The Kier molecular flexibility index (Phi) is 2.57. The molecular weight excluding hydrogens is 267 g/mol. The van der Waals surface area contributed by atoms with Crippen molar-refractivity contribution < 1.29 is 0 Å². The third-order valence-electron chi connectivity index (χ3n) is 2.37. The van der Waals surface area contributed by atoms with Crippen molar-refractivity contribution in [3.8, 4) is 0 Å². The molecule has 4 nitrogen and oxygen atoms in total. The van der Waals surface area contributed by atoms with Crippen LogP contribution in [0.1, 0.15) is 37.4 Å². The van der Waals surface area contributed by atoms with Crippen LogP contribution in [-0.4, -0.2) is 24.5 Å². The van der Waals surface area contributed by atoms with Crippen LogP contribution in [0.25, 0.3) is 0 Å². The Morgan fingerprint density at radius 2 is 2.17 bits per heavy atom. The summed E-state index contributed by atoms with van der Waals surface area (Å²) in [6.07, 6.45) is 5.16. The highest BCUT2D eigenvalue weighted by molar-refractivity contribution is 14.1. The molecule has 1 aliphatic rings. The molecule has 0 bridgehead atoms. The molecule has 0 aliphatic heterocycles. The second-order valence-corrected chi connectivity index (χ2v) is 4.78. The summed E-state index contributed by atoms with van der Waals surface area (Å²) < 4.78 is 0.689. The number of nitrogens with one attached hydrogen (secondary N) is 1. The zero-order chi connectivity index (χ0) is 8.39. The van der Waals surface area contributed by atoms with Gasteiger partial charge in [0.1, 0.15) is 0 Å². The maximum atomic E-state index is 4.04. The van der Waals surface area contributed by atoms with E-state index < -0.39 is 0 Å². The summed E-state index contributed by atoms with van der Waals surface area (Å²) in [4.78, 5) is 0. The molecule has 0 aromatic carbocycles. The molecule has 1 aliphatic carbocycles. The standard InChI is InChI=1S/C7H11IN4/c8-6-4-2-1-3-5(6)7-9-11-12-10-7/h5-6H,1-4H2,(H,9,10,11,12). The van der Waals surface area contributed by atoms with Crippen molar-refractivity contribution in [2.75, 3.05) is 0 Å². The lowest BCUT2D eigenvalue weighted by atomic mass is 9.89. The Labute approximate surface area is 84.7 Å². The van der Waals surface area contributed by atoms with Crippen LogP contribution in [0.15, 0.2) is 0 Å². The highest BCUT2D eigenvalue weighted by Crippen LogP contribution is 2.35. The van der Waals surface area contributed by atoms with Gasteiger partial charge in [-0.05, 0) is 12.8 Å². The van der Waals surface area contributed by atoms with E-state index in [9.17, 15) is 0 Å². The number of alkyl halides is 1. The predicted octanol–water partition coefficient (Wildman–Crippen LogP) is 1.66. The molecule has 0 radical (unpaired) electrons. The second kappa shape index (κ2) is 3.68. The van der Waals surface area contributed by atoms with Gasteiger partial charge < -0.3 is 0 Å². The summed E-state index contributed by atoms with van der Waals surface area (Å²) in [6.45, 7) is 0. The average molecular weight is 278 g/mol. The number of nitrogens with zero attached hydrogens (tertiary/aromatic N) is 3. The highest BCUT2D eigenvalue weighted by Gasteiger charge is 2.27. The molecule has 1 fully saturated rings. The normalized spacial score (nSPS) is 30.4. The van der Waals surface area contributed by atoms with Crippen molar-refractivity contribution in [2.45, 2.75) is 35.5 Å². The molecule has 1 heterocycles. The van der Waals surface area contributed by atoms with Crippen molar-refractivity contribution in [1.29, 1.82) is 0 Å². The summed E-state index contributed by atoms with van der Waals surface area (Å²) in [5, 5.41) is 14.2. The molecule has 0 spiro atoms. The Hall–Kier alpha value is -0.200. The fourth-order valence-electron chi connectivity index (χ4n) is 1.70. The number of H-pyrrole nitrogens is 1. The lowest BCUT2D eigenvalue weighted by molar-refractivity contribution is 0.452. The average Bonchev–Trinajstić information content (AvgIpc) is 2.57. The molecule has 66 valence electrons. The van der Waals surface area contributed by atoms with Gasteiger partial charge in [0.15, 0.2) is 5.82 Å². The van der Waals surface area contributed by atoms with Crippen LogP contribution in [-0.2, 0) is 0 Å². The maximum absolute atomic E-state index is 4.04. The monoisotopic (exact) mass is 278 g/mol. The maximum Gasteiger partial charge on any atom is 0.178 e. The fraction of sp³-hybridized carbons (Fsp3) is 0.857. The van der Waals surface area contributed by atoms with Gasteiger partial charge in [0.25, 0.3) is 0 Å². The molecule has 1 saturated carbocycles. The molecule has 1 aromatic heterocycles. The van der Waals surface area contributed by atoms with Gasteiger partial charge in [-0.2, -0.15) is 5.21 Å². The van der Waals surface area contributed by atoms with E-state index >= 15 is 0 Å². The first-order valence-electron chi connectivity index (χ1n) is 4.25. The van der Waals surface area contributed by atoms with E-state index in [1.54, 1.807) is 0 Å². The number of rotatable bonds is 1. The largest absolute Gasteiger partial charge is 0.178 e. The van der Waals surface area contributed by atoms with E-state index in [-0.39, 0.29) is 0 Å². The summed E-state index contributed by atoms with van der Waals surface area (Å²) in [6, 6.07) is 0. The lowest BCUT2D eigenvalue weighted by Crippen LogP contribution is -2.18.